The van der Waals surface area contributed by atoms with Gasteiger partial charge in [-0.25, -0.2) is 26.1 Å². The van der Waals surface area contributed by atoms with Crippen LogP contribution >= 0.6 is 22.7 Å². The molecule has 1 aromatic carbocycles. The van der Waals surface area contributed by atoms with Crippen LogP contribution in [0.5, 0.6) is 0 Å². The number of nitrogens with zero attached hydrogens (tertiary/aromatic N) is 3. The number of hydrogen-bond donors (Lipinski definition) is 1. The van der Waals surface area contributed by atoms with Crippen molar-refractivity contribution in [3.05, 3.63) is 35.7 Å². The predicted molar refractivity (Wildman–Crippen MR) is 125 cm³/mol. The molecule has 172 valence electrons. The van der Waals surface area contributed by atoms with Gasteiger partial charge in [-0.15, -0.1) is 11.3 Å². The number of nitrogens with one attached hydrogen (secondary N) is 1. The molecule has 1 atom stereocenters. The van der Waals surface area contributed by atoms with Gasteiger partial charge in [0.25, 0.3) is 10.0 Å². The van der Waals surface area contributed by atoms with Crippen LogP contribution in [0.3, 0.4) is 0 Å². The molecule has 2 aromatic heterocycles. The Kier molecular flexibility index (Phi) is 6.40. The number of sulfonamides is 2. The molecular formula is C19H22N4O5S4. The van der Waals surface area contributed by atoms with Crippen LogP contribution in [0.4, 0.5) is 5.13 Å². The second-order valence-electron chi connectivity index (χ2n) is 7.56. The van der Waals surface area contributed by atoms with Crippen LogP contribution in [-0.4, -0.2) is 63.5 Å². The van der Waals surface area contributed by atoms with Gasteiger partial charge in [0.2, 0.25) is 15.9 Å². The molecule has 0 spiro atoms. The zero-order valence-electron chi connectivity index (χ0n) is 17.4. The van der Waals surface area contributed by atoms with E-state index >= 15 is 0 Å². The lowest BCUT2D eigenvalue weighted by Crippen LogP contribution is -2.43. The molecule has 1 aliphatic rings. The Bertz CT molecular complexity index is 1350. The molecule has 9 nitrogen and oxygen atoms in total. The van der Waals surface area contributed by atoms with Crippen molar-refractivity contribution >= 4 is 64.0 Å². The average molecular weight is 515 g/mol. The second kappa shape index (κ2) is 8.80. The highest BCUT2D eigenvalue weighted by Gasteiger charge is 2.34. The highest BCUT2D eigenvalue weighted by molar-refractivity contribution is 7.91. The molecule has 3 heterocycles. The van der Waals surface area contributed by atoms with Gasteiger partial charge in [0.05, 0.1) is 21.0 Å². The first-order valence-corrected chi connectivity index (χ1v) is 14.3. The summed E-state index contributed by atoms with van der Waals surface area (Å²) in [6.45, 7) is 0.496. The minimum atomic E-state index is -3.61. The van der Waals surface area contributed by atoms with Gasteiger partial charge in [-0.1, -0.05) is 17.4 Å². The third-order valence-electron chi connectivity index (χ3n) is 5.21. The first-order valence-electron chi connectivity index (χ1n) is 9.76. The monoisotopic (exact) mass is 514 g/mol. The summed E-state index contributed by atoms with van der Waals surface area (Å²) in [7, 11) is -4.26. The number of anilines is 1. The van der Waals surface area contributed by atoms with Crippen molar-refractivity contribution in [2.75, 3.05) is 32.5 Å². The number of carbonyl (C=O) groups is 1. The minimum Gasteiger partial charge on any atom is -0.302 e. The van der Waals surface area contributed by atoms with E-state index in [-0.39, 0.29) is 21.6 Å². The first-order chi connectivity index (χ1) is 15.1. The highest BCUT2D eigenvalue weighted by atomic mass is 32.2. The highest BCUT2D eigenvalue weighted by Crippen LogP contribution is 2.31. The predicted octanol–water partition coefficient (Wildman–Crippen LogP) is 2.65. The maximum atomic E-state index is 12.9. The summed E-state index contributed by atoms with van der Waals surface area (Å²) in [5.74, 6) is -0.786. The lowest BCUT2D eigenvalue weighted by atomic mass is 9.99. The number of piperidine rings is 1. The zero-order chi connectivity index (χ0) is 23.1. The van der Waals surface area contributed by atoms with Crippen LogP contribution in [-0.2, 0) is 24.8 Å². The standard InChI is InChI=1S/C19H22N4O5S4/c1-22(2)31(25,26)14-7-8-15-16(11-14)30-19(20-15)21-18(24)13-5-3-9-23(12-13)32(27,28)17-6-4-10-29-17/h4,6-8,10-11,13H,3,5,9,12H2,1-2H3,(H,20,21,24). The van der Waals surface area contributed by atoms with Crippen molar-refractivity contribution in [3.63, 3.8) is 0 Å². The quantitative estimate of drug-likeness (QED) is 0.541. The van der Waals surface area contributed by atoms with Crippen molar-refractivity contribution in [2.45, 2.75) is 21.9 Å². The number of carbonyl (C=O) groups excluding carboxylic acids is 1. The Labute approximate surface area is 194 Å². The van der Waals surface area contributed by atoms with Crippen molar-refractivity contribution < 1.29 is 21.6 Å². The summed E-state index contributed by atoms with van der Waals surface area (Å²) in [6, 6.07) is 7.88. The van der Waals surface area contributed by atoms with Crippen LogP contribution in [0.2, 0.25) is 0 Å². The van der Waals surface area contributed by atoms with Gasteiger partial charge < -0.3 is 5.32 Å². The lowest BCUT2D eigenvalue weighted by Gasteiger charge is -2.30. The molecule has 3 aromatic rings. The van der Waals surface area contributed by atoms with Crippen molar-refractivity contribution in [1.29, 1.82) is 0 Å². The summed E-state index contributed by atoms with van der Waals surface area (Å²) in [5.41, 5.74) is 0.577. The number of hydrogen-bond acceptors (Lipinski definition) is 8. The molecule has 0 saturated carbocycles. The van der Waals surface area contributed by atoms with Crippen molar-refractivity contribution in [1.82, 2.24) is 13.6 Å². The topological polar surface area (TPSA) is 117 Å². The van der Waals surface area contributed by atoms with E-state index in [0.29, 0.717) is 34.7 Å². The van der Waals surface area contributed by atoms with Gasteiger partial charge in [0.1, 0.15) is 4.21 Å². The fourth-order valence-corrected chi connectivity index (χ4v) is 8.03. The largest absolute Gasteiger partial charge is 0.302 e. The molecule has 1 N–H and O–H groups in total. The van der Waals surface area contributed by atoms with E-state index in [9.17, 15) is 21.6 Å². The molecule has 1 fully saturated rings. The fourth-order valence-electron chi connectivity index (χ4n) is 3.45. The van der Waals surface area contributed by atoms with E-state index in [0.717, 1.165) is 15.6 Å². The van der Waals surface area contributed by atoms with E-state index in [1.165, 1.54) is 41.9 Å². The Hall–Kier alpha value is -1.90. The summed E-state index contributed by atoms with van der Waals surface area (Å²) < 4.78 is 53.7. The number of thiophene rings is 1. The molecule has 0 bridgehead atoms. The third kappa shape index (κ3) is 4.45. The zero-order valence-corrected chi connectivity index (χ0v) is 20.7. The lowest BCUT2D eigenvalue weighted by molar-refractivity contribution is -0.120. The average Bonchev–Trinajstić information content (AvgIpc) is 3.43. The van der Waals surface area contributed by atoms with Crippen LogP contribution < -0.4 is 5.32 Å². The van der Waals surface area contributed by atoms with E-state index in [2.05, 4.69) is 10.3 Å². The smallest absolute Gasteiger partial charge is 0.252 e. The van der Waals surface area contributed by atoms with Crippen LogP contribution in [0, 0.1) is 5.92 Å². The van der Waals surface area contributed by atoms with Crippen LogP contribution in [0.25, 0.3) is 10.2 Å². The van der Waals surface area contributed by atoms with Gasteiger partial charge in [-0.05, 0) is 42.5 Å². The van der Waals surface area contributed by atoms with Gasteiger partial charge in [-0.2, -0.15) is 4.31 Å². The molecule has 13 heteroatoms. The molecule has 1 unspecified atom stereocenters. The second-order valence-corrected chi connectivity index (χ2v) is 13.9. The van der Waals surface area contributed by atoms with E-state index < -0.39 is 26.0 Å². The van der Waals surface area contributed by atoms with Gasteiger partial charge in [0, 0.05) is 27.2 Å². The van der Waals surface area contributed by atoms with E-state index in [1.807, 2.05) is 0 Å². The van der Waals surface area contributed by atoms with Crippen LogP contribution in [0.15, 0.2) is 44.8 Å². The Morgan fingerprint density at radius 3 is 2.69 bits per heavy atom. The molecule has 32 heavy (non-hydrogen) atoms. The summed E-state index contributed by atoms with van der Waals surface area (Å²) in [5, 5.41) is 4.84. The van der Waals surface area contributed by atoms with Crippen molar-refractivity contribution in [2.24, 2.45) is 5.92 Å². The van der Waals surface area contributed by atoms with Gasteiger partial charge in [-0.3, -0.25) is 4.79 Å². The Morgan fingerprint density at radius 2 is 2.00 bits per heavy atom. The number of amides is 1. The number of rotatable bonds is 6. The molecule has 1 aliphatic heterocycles. The summed E-state index contributed by atoms with van der Waals surface area (Å²) >= 11 is 2.34. The SMILES string of the molecule is CN(C)S(=O)(=O)c1ccc2nc(NC(=O)C3CCCN(S(=O)(=O)c4cccs4)C3)sc2c1. The molecule has 1 saturated heterocycles. The normalized spacial score (nSPS) is 18.3. The van der Waals surface area contributed by atoms with Gasteiger partial charge >= 0.3 is 0 Å². The molecule has 4 rings (SSSR count). The number of thiazole rings is 1. The minimum absolute atomic E-state index is 0.113. The fraction of sp³-hybridized carbons (Fsp3) is 0.368. The number of aromatic nitrogens is 1. The summed E-state index contributed by atoms with van der Waals surface area (Å²) in [4.78, 5) is 17.4. The number of fused-ring (bicyclic) bond motifs is 1. The van der Waals surface area contributed by atoms with Crippen LogP contribution in [0.1, 0.15) is 12.8 Å². The van der Waals surface area contributed by atoms with Crippen molar-refractivity contribution in [3.8, 4) is 0 Å². The first kappa shape index (κ1) is 23.3. The Balaban J connectivity index is 1.50. The summed E-state index contributed by atoms with van der Waals surface area (Å²) in [6.07, 6.45) is 1.17. The Morgan fingerprint density at radius 1 is 1.22 bits per heavy atom. The maximum absolute atomic E-state index is 12.9. The van der Waals surface area contributed by atoms with Gasteiger partial charge in [0.15, 0.2) is 5.13 Å². The molecule has 0 radical (unpaired) electrons. The molecule has 1 amide bonds. The van der Waals surface area contributed by atoms with E-state index in [1.54, 1.807) is 23.6 Å². The number of benzene rings is 1. The molecular weight excluding hydrogens is 493 g/mol. The third-order valence-corrected chi connectivity index (χ3v) is 11.2. The molecule has 0 aliphatic carbocycles. The maximum Gasteiger partial charge on any atom is 0.252 e. The van der Waals surface area contributed by atoms with E-state index in [4.69, 9.17) is 0 Å².